The quantitative estimate of drug-likeness (QED) is 0.426. The highest BCUT2D eigenvalue weighted by molar-refractivity contribution is 5.97. The SMILES string of the molecule is O=c1[nH]c(-c2cccc3ccccc23)cc(-c2ccncc2)c1-c1ccccc1. The molecule has 1 N–H and O–H groups in total. The summed E-state index contributed by atoms with van der Waals surface area (Å²) in [5.41, 5.74) is 5.13. The molecule has 29 heavy (non-hydrogen) atoms. The van der Waals surface area contributed by atoms with Crippen LogP contribution in [0.15, 0.2) is 108 Å². The maximum absolute atomic E-state index is 13.3. The van der Waals surface area contributed by atoms with Crippen molar-refractivity contribution < 1.29 is 0 Å². The van der Waals surface area contributed by atoms with Gasteiger partial charge < -0.3 is 4.98 Å². The lowest BCUT2D eigenvalue weighted by Gasteiger charge is -2.13. The van der Waals surface area contributed by atoms with Crippen molar-refractivity contribution in [2.24, 2.45) is 0 Å². The standard InChI is InChI=1S/C26H18N2O/c29-26-25(20-8-2-1-3-9-20)23(19-13-15-27-16-14-19)17-24(28-26)22-12-6-10-18-7-4-5-11-21(18)22/h1-17H,(H,28,29). The molecular weight excluding hydrogens is 356 g/mol. The van der Waals surface area contributed by atoms with Gasteiger partial charge >= 0.3 is 0 Å². The maximum Gasteiger partial charge on any atom is 0.256 e. The van der Waals surface area contributed by atoms with Crippen molar-refractivity contribution in [3.05, 3.63) is 114 Å². The lowest BCUT2D eigenvalue weighted by molar-refractivity contribution is 1.24. The van der Waals surface area contributed by atoms with Crippen LogP contribution < -0.4 is 5.56 Å². The average molecular weight is 374 g/mol. The normalized spacial score (nSPS) is 10.9. The number of nitrogens with zero attached hydrogens (tertiary/aromatic N) is 1. The predicted octanol–water partition coefficient (Wildman–Crippen LogP) is 5.92. The highest BCUT2D eigenvalue weighted by Crippen LogP contribution is 2.34. The third-order valence-corrected chi connectivity index (χ3v) is 5.17. The number of H-pyrrole nitrogens is 1. The molecule has 3 nitrogen and oxygen atoms in total. The monoisotopic (exact) mass is 374 g/mol. The number of pyridine rings is 2. The predicted molar refractivity (Wildman–Crippen MR) is 119 cm³/mol. The Labute approximate surface area is 168 Å². The third kappa shape index (κ3) is 3.13. The first-order valence-corrected chi connectivity index (χ1v) is 9.52. The molecule has 5 rings (SSSR count). The second-order valence-electron chi connectivity index (χ2n) is 6.93. The molecule has 0 radical (unpaired) electrons. The minimum absolute atomic E-state index is 0.103. The molecule has 2 heterocycles. The second kappa shape index (κ2) is 7.21. The van der Waals surface area contributed by atoms with Crippen LogP contribution in [0, 0.1) is 0 Å². The van der Waals surface area contributed by atoms with Gasteiger partial charge in [-0.15, -0.1) is 0 Å². The molecule has 0 aliphatic heterocycles. The van der Waals surface area contributed by atoms with Gasteiger partial charge in [-0.2, -0.15) is 0 Å². The van der Waals surface area contributed by atoms with Gasteiger partial charge in [-0.25, -0.2) is 0 Å². The van der Waals surface area contributed by atoms with Gasteiger partial charge in [0, 0.05) is 23.7 Å². The Bertz CT molecular complexity index is 1350. The lowest BCUT2D eigenvalue weighted by Crippen LogP contribution is -2.12. The average Bonchev–Trinajstić information content (AvgIpc) is 2.79. The van der Waals surface area contributed by atoms with Crippen LogP contribution in [-0.2, 0) is 0 Å². The molecule has 3 heteroatoms. The molecule has 0 aliphatic rings. The van der Waals surface area contributed by atoms with Crippen LogP contribution in [0.3, 0.4) is 0 Å². The van der Waals surface area contributed by atoms with Crippen molar-refractivity contribution in [2.45, 2.75) is 0 Å². The number of fused-ring (bicyclic) bond motifs is 1. The second-order valence-corrected chi connectivity index (χ2v) is 6.93. The smallest absolute Gasteiger partial charge is 0.256 e. The van der Waals surface area contributed by atoms with Gasteiger partial charge in [0.25, 0.3) is 5.56 Å². The van der Waals surface area contributed by atoms with Gasteiger partial charge in [0.2, 0.25) is 0 Å². The van der Waals surface area contributed by atoms with E-state index in [0.29, 0.717) is 5.56 Å². The van der Waals surface area contributed by atoms with Crippen molar-refractivity contribution in [2.75, 3.05) is 0 Å². The number of benzene rings is 3. The van der Waals surface area contributed by atoms with E-state index in [-0.39, 0.29) is 5.56 Å². The molecule has 0 amide bonds. The molecular formula is C26H18N2O. The van der Waals surface area contributed by atoms with Crippen molar-refractivity contribution in [3.63, 3.8) is 0 Å². The molecule has 5 aromatic rings. The van der Waals surface area contributed by atoms with Crippen LogP contribution in [0.4, 0.5) is 0 Å². The van der Waals surface area contributed by atoms with Gasteiger partial charge in [0.1, 0.15) is 0 Å². The van der Waals surface area contributed by atoms with Crippen LogP contribution in [0.25, 0.3) is 44.3 Å². The van der Waals surface area contributed by atoms with Crippen LogP contribution in [0.1, 0.15) is 0 Å². The number of aromatic amines is 1. The minimum atomic E-state index is -0.103. The summed E-state index contributed by atoms with van der Waals surface area (Å²) in [6.07, 6.45) is 3.51. The highest BCUT2D eigenvalue weighted by Gasteiger charge is 2.15. The zero-order chi connectivity index (χ0) is 19.6. The molecule has 0 bridgehead atoms. The zero-order valence-electron chi connectivity index (χ0n) is 15.7. The molecule has 138 valence electrons. The van der Waals surface area contributed by atoms with Crippen molar-refractivity contribution in [3.8, 4) is 33.5 Å². The fraction of sp³-hybridized carbons (Fsp3) is 0. The van der Waals surface area contributed by atoms with Crippen LogP contribution in [0.2, 0.25) is 0 Å². The van der Waals surface area contributed by atoms with E-state index < -0.39 is 0 Å². The summed E-state index contributed by atoms with van der Waals surface area (Å²) in [6, 6.07) is 30.1. The molecule has 0 fully saturated rings. The first-order valence-electron chi connectivity index (χ1n) is 9.52. The Balaban J connectivity index is 1.82. The third-order valence-electron chi connectivity index (χ3n) is 5.17. The molecule has 0 saturated carbocycles. The molecule has 0 unspecified atom stereocenters. The summed E-state index contributed by atoms with van der Waals surface area (Å²) in [4.78, 5) is 20.5. The number of hydrogen-bond donors (Lipinski definition) is 1. The van der Waals surface area contributed by atoms with Gasteiger partial charge in [-0.05, 0) is 45.7 Å². The summed E-state index contributed by atoms with van der Waals surface area (Å²) in [6.45, 7) is 0. The summed E-state index contributed by atoms with van der Waals surface area (Å²) in [5, 5.41) is 2.25. The number of nitrogens with one attached hydrogen (secondary N) is 1. The number of aromatic nitrogens is 2. The Morgan fingerprint density at radius 1 is 0.655 bits per heavy atom. The molecule has 2 aromatic heterocycles. The number of hydrogen-bond acceptors (Lipinski definition) is 2. The summed E-state index contributed by atoms with van der Waals surface area (Å²) in [5.74, 6) is 0. The molecule has 0 atom stereocenters. The van der Waals surface area contributed by atoms with Crippen LogP contribution in [0.5, 0.6) is 0 Å². The first kappa shape index (κ1) is 17.1. The zero-order valence-corrected chi connectivity index (χ0v) is 15.7. The van der Waals surface area contributed by atoms with E-state index in [1.165, 1.54) is 0 Å². The Morgan fingerprint density at radius 2 is 1.38 bits per heavy atom. The summed E-state index contributed by atoms with van der Waals surface area (Å²) >= 11 is 0. The topological polar surface area (TPSA) is 45.8 Å². The van der Waals surface area contributed by atoms with Gasteiger partial charge in [-0.3, -0.25) is 9.78 Å². The largest absolute Gasteiger partial charge is 0.321 e. The fourth-order valence-corrected chi connectivity index (χ4v) is 3.82. The highest BCUT2D eigenvalue weighted by atomic mass is 16.1. The first-order chi connectivity index (χ1) is 14.3. The summed E-state index contributed by atoms with van der Waals surface area (Å²) in [7, 11) is 0. The van der Waals surface area contributed by atoms with Crippen molar-refractivity contribution in [1.29, 1.82) is 0 Å². The fourth-order valence-electron chi connectivity index (χ4n) is 3.82. The van der Waals surface area contributed by atoms with Crippen molar-refractivity contribution in [1.82, 2.24) is 9.97 Å². The van der Waals surface area contributed by atoms with E-state index in [0.717, 1.165) is 38.7 Å². The molecule has 0 spiro atoms. The summed E-state index contributed by atoms with van der Waals surface area (Å²) < 4.78 is 0. The lowest BCUT2D eigenvalue weighted by atomic mass is 9.93. The van der Waals surface area contributed by atoms with Crippen LogP contribution in [-0.4, -0.2) is 9.97 Å². The van der Waals surface area contributed by atoms with Gasteiger partial charge in [-0.1, -0.05) is 72.8 Å². The van der Waals surface area contributed by atoms with Crippen LogP contribution >= 0.6 is 0 Å². The Kier molecular flexibility index (Phi) is 4.26. The Morgan fingerprint density at radius 3 is 2.21 bits per heavy atom. The van der Waals surface area contributed by atoms with E-state index in [9.17, 15) is 4.79 Å². The minimum Gasteiger partial charge on any atom is -0.321 e. The molecule has 0 saturated heterocycles. The maximum atomic E-state index is 13.3. The van der Waals surface area contributed by atoms with Gasteiger partial charge in [0.15, 0.2) is 0 Å². The van der Waals surface area contributed by atoms with E-state index in [2.05, 4.69) is 34.2 Å². The van der Waals surface area contributed by atoms with Crippen molar-refractivity contribution >= 4 is 10.8 Å². The molecule has 0 aliphatic carbocycles. The molecule has 3 aromatic carbocycles. The van der Waals surface area contributed by atoms with E-state index in [4.69, 9.17) is 0 Å². The number of rotatable bonds is 3. The van der Waals surface area contributed by atoms with E-state index in [1.807, 2.05) is 66.7 Å². The van der Waals surface area contributed by atoms with E-state index >= 15 is 0 Å². The Hall–Kier alpha value is -3.98. The van der Waals surface area contributed by atoms with Gasteiger partial charge in [0.05, 0.1) is 5.56 Å². The van der Waals surface area contributed by atoms with E-state index in [1.54, 1.807) is 12.4 Å².